The van der Waals surface area contributed by atoms with Crippen LogP contribution in [0.15, 0.2) is 182 Å². The molecule has 6 aromatic carbocycles. The average Bonchev–Trinajstić information content (AvgIpc) is 3.01. The van der Waals surface area contributed by atoms with Gasteiger partial charge in [0.15, 0.2) is 0 Å². The highest BCUT2D eigenvalue weighted by molar-refractivity contribution is 7.80. The Hall–Kier alpha value is -3.82. The van der Waals surface area contributed by atoms with Gasteiger partial charge in [-0.3, -0.25) is 0 Å². The third-order valence-electron chi connectivity index (χ3n) is 6.09. The van der Waals surface area contributed by atoms with Crippen LogP contribution in [0.5, 0.6) is 0 Å². The third kappa shape index (κ3) is 6.73. The summed E-state index contributed by atoms with van der Waals surface area (Å²) in [6.45, 7) is 0. The lowest BCUT2D eigenvalue weighted by Gasteiger charge is -2.18. The predicted octanol–water partition coefficient (Wildman–Crippen LogP) is 6.89. The van der Waals surface area contributed by atoms with Crippen LogP contribution >= 0.6 is 15.8 Å². The first-order valence-electron chi connectivity index (χ1n) is 12.8. The zero-order chi connectivity index (χ0) is 25.8. The highest BCUT2D eigenvalue weighted by Gasteiger charge is 2.16. The van der Waals surface area contributed by atoms with Gasteiger partial charge in [-0.25, -0.2) is 0 Å². The van der Waals surface area contributed by atoms with Crippen LogP contribution in [0.4, 0.5) is 0 Å². The first-order chi connectivity index (χ1) is 18.9. The Morgan fingerprint density at radius 2 is 0.316 bits per heavy atom. The van der Waals surface area contributed by atoms with Gasteiger partial charge in [0.1, 0.15) is 0 Å². The van der Waals surface area contributed by atoms with Crippen molar-refractivity contribution in [2.45, 2.75) is 0 Å². The lowest BCUT2D eigenvalue weighted by atomic mass is 10.4. The largest absolute Gasteiger partial charge is 0.0622 e. The molecule has 0 saturated heterocycles. The lowest BCUT2D eigenvalue weighted by Crippen LogP contribution is -2.20. The molecule has 0 heterocycles. The van der Waals surface area contributed by atoms with Crippen LogP contribution in [0.25, 0.3) is 0 Å². The summed E-state index contributed by atoms with van der Waals surface area (Å²) in [7, 11) is -0.892. The van der Waals surface area contributed by atoms with Crippen molar-refractivity contribution in [2.24, 2.45) is 0 Å². The van der Waals surface area contributed by atoms with Crippen molar-refractivity contribution >= 4 is 47.7 Å². The van der Waals surface area contributed by atoms with Crippen molar-refractivity contribution in [3.8, 4) is 0 Å². The standard InChI is InChI=1S/2C18H15P/c2*1-4-10-16(11-5-1)19(17-12-6-2-7-13-17)18-14-8-3-9-15-18/h2*1-15H. The SMILES string of the molecule is c1ccc(P(c2ccccc2)c2ccccc2)cc1.c1ccc(P(c2ccccc2)c2ccccc2)cc1. The summed E-state index contributed by atoms with van der Waals surface area (Å²) in [4.78, 5) is 0. The van der Waals surface area contributed by atoms with E-state index in [1.807, 2.05) is 0 Å². The van der Waals surface area contributed by atoms with Gasteiger partial charge in [-0.15, -0.1) is 0 Å². The minimum Gasteiger partial charge on any atom is -0.0622 e. The van der Waals surface area contributed by atoms with Gasteiger partial charge < -0.3 is 0 Å². The van der Waals surface area contributed by atoms with E-state index in [9.17, 15) is 0 Å². The molecule has 0 radical (unpaired) electrons. The van der Waals surface area contributed by atoms with Gasteiger partial charge >= 0.3 is 0 Å². The van der Waals surface area contributed by atoms with Gasteiger partial charge in [0.2, 0.25) is 0 Å². The van der Waals surface area contributed by atoms with Gasteiger partial charge in [-0.1, -0.05) is 182 Å². The summed E-state index contributed by atoms with van der Waals surface area (Å²) in [5.41, 5.74) is 0. The normalized spacial score (nSPS) is 10.6. The molecule has 0 atom stereocenters. The van der Waals surface area contributed by atoms with Crippen molar-refractivity contribution < 1.29 is 0 Å². The van der Waals surface area contributed by atoms with Crippen LogP contribution in [0, 0.1) is 0 Å². The number of hydrogen-bond acceptors (Lipinski definition) is 0. The molecule has 0 unspecified atom stereocenters. The average molecular weight is 525 g/mol. The van der Waals surface area contributed by atoms with E-state index in [2.05, 4.69) is 182 Å². The Morgan fingerprint density at radius 1 is 0.184 bits per heavy atom. The Balaban J connectivity index is 0.000000155. The zero-order valence-corrected chi connectivity index (χ0v) is 23.0. The first kappa shape index (κ1) is 25.8. The molecule has 0 fully saturated rings. The second kappa shape index (κ2) is 13.6. The highest BCUT2D eigenvalue weighted by atomic mass is 31.1. The van der Waals surface area contributed by atoms with E-state index in [1.165, 1.54) is 31.8 Å². The minimum absolute atomic E-state index is 0.446. The molecule has 0 nitrogen and oxygen atoms in total. The van der Waals surface area contributed by atoms with E-state index in [0.29, 0.717) is 0 Å². The monoisotopic (exact) mass is 524 g/mol. The second-order valence-corrected chi connectivity index (χ2v) is 13.1. The Morgan fingerprint density at radius 3 is 0.447 bits per heavy atom. The fourth-order valence-corrected chi connectivity index (χ4v) is 8.97. The van der Waals surface area contributed by atoms with Crippen molar-refractivity contribution in [1.82, 2.24) is 0 Å². The molecule has 2 heteroatoms. The van der Waals surface area contributed by atoms with Gasteiger partial charge in [0.05, 0.1) is 0 Å². The third-order valence-corrected chi connectivity index (χ3v) is 11.0. The fraction of sp³-hybridized carbons (Fsp3) is 0. The van der Waals surface area contributed by atoms with E-state index >= 15 is 0 Å². The highest BCUT2D eigenvalue weighted by Crippen LogP contribution is 2.33. The van der Waals surface area contributed by atoms with Crippen molar-refractivity contribution in [1.29, 1.82) is 0 Å². The molecule has 0 saturated carbocycles. The fourth-order valence-electron chi connectivity index (χ4n) is 4.36. The maximum absolute atomic E-state index is 2.23. The van der Waals surface area contributed by atoms with Crippen molar-refractivity contribution in [2.75, 3.05) is 0 Å². The molecular formula is C36H30P2. The van der Waals surface area contributed by atoms with Crippen LogP contribution in [0.3, 0.4) is 0 Å². The van der Waals surface area contributed by atoms with Gasteiger partial charge in [0, 0.05) is 0 Å². The zero-order valence-electron chi connectivity index (χ0n) is 21.2. The molecule has 0 amide bonds. The van der Waals surface area contributed by atoms with Crippen molar-refractivity contribution in [3.63, 3.8) is 0 Å². The molecule has 0 bridgehead atoms. The van der Waals surface area contributed by atoms with Gasteiger partial charge in [-0.2, -0.15) is 0 Å². The van der Waals surface area contributed by atoms with E-state index in [1.54, 1.807) is 0 Å². The molecule has 184 valence electrons. The molecule has 6 aromatic rings. The van der Waals surface area contributed by atoms with Crippen LogP contribution in [0.1, 0.15) is 0 Å². The Bertz CT molecular complexity index is 1170. The summed E-state index contributed by atoms with van der Waals surface area (Å²) in [6, 6.07) is 64.7. The summed E-state index contributed by atoms with van der Waals surface area (Å²) in [5, 5.41) is 8.39. The van der Waals surface area contributed by atoms with E-state index < -0.39 is 15.8 Å². The van der Waals surface area contributed by atoms with Crippen LogP contribution in [0.2, 0.25) is 0 Å². The topological polar surface area (TPSA) is 0 Å². The number of rotatable bonds is 6. The molecular weight excluding hydrogens is 494 g/mol. The summed E-state index contributed by atoms with van der Waals surface area (Å²) >= 11 is 0. The van der Waals surface area contributed by atoms with E-state index in [0.717, 1.165) is 0 Å². The molecule has 0 aliphatic rings. The lowest BCUT2D eigenvalue weighted by molar-refractivity contribution is 1.74. The van der Waals surface area contributed by atoms with Gasteiger partial charge in [-0.05, 0) is 47.7 Å². The smallest absolute Gasteiger partial charge is 0.0134 e. The molecule has 0 spiro atoms. The summed E-state index contributed by atoms with van der Waals surface area (Å²) in [5.74, 6) is 0. The molecule has 38 heavy (non-hydrogen) atoms. The second-order valence-electron chi connectivity index (χ2n) is 8.68. The first-order valence-corrected chi connectivity index (χ1v) is 15.5. The van der Waals surface area contributed by atoms with E-state index in [4.69, 9.17) is 0 Å². The summed E-state index contributed by atoms with van der Waals surface area (Å²) < 4.78 is 0. The molecule has 6 rings (SSSR count). The predicted molar refractivity (Wildman–Crippen MR) is 170 cm³/mol. The molecule has 0 aliphatic heterocycles. The van der Waals surface area contributed by atoms with Crippen LogP contribution in [-0.2, 0) is 0 Å². The molecule has 0 N–H and O–H groups in total. The maximum atomic E-state index is 2.23. The number of hydrogen-bond donors (Lipinski definition) is 0. The minimum atomic E-state index is -0.446. The van der Waals surface area contributed by atoms with Crippen molar-refractivity contribution in [3.05, 3.63) is 182 Å². The quantitative estimate of drug-likeness (QED) is 0.208. The van der Waals surface area contributed by atoms with E-state index in [-0.39, 0.29) is 0 Å². The van der Waals surface area contributed by atoms with Crippen LogP contribution in [-0.4, -0.2) is 0 Å². The van der Waals surface area contributed by atoms with Crippen LogP contribution < -0.4 is 31.8 Å². The van der Waals surface area contributed by atoms with Gasteiger partial charge in [0.25, 0.3) is 0 Å². The maximum Gasteiger partial charge on any atom is -0.0134 e. The summed E-state index contributed by atoms with van der Waals surface area (Å²) in [6.07, 6.45) is 0. The molecule has 0 aliphatic carbocycles. The number of benzene rings is 6. The Kier molecular flexibility index (Phi) is 9.27. The molecule has 0 aromatic heterocycles. The Labute approximate surface area is 229 Å².